The number of hydrogen-bond acceptors (Lipinski definition) is 4. The van der Waals surface area contributed by atoms with Crippen molar-refractivity contribution < 1.29 is 19.4 Å². The van der Waals surface area contributed by atoms with E-state index in [9.17, 15) is 9.90 Å². The molecule has 0 aliphatic rings. The van der Waals surface area contributed by atoms with Crippen molar-refractivity contribution in [2.45, 2.75) is 6.42 Å². The van der Waals surface area contributed by atoms with Crippen molar-refractivity contribution in [1.82, 2.24) is 4.90 Å². The minimum atomic E-state index is -1.19. The van der Waals surface area contributed by atoms with E-state index in [0.29, 0.717) is 24.5 Å². The summed E-state index contributed by atoms with van der Waals surface area (Å²) >= 11 is 3.42. The smallest absolute Gasteiger partial charge is 0.161 e. The Hall–Kier alpha value is -1.43. The van der Waals surface area contributed by atoms with Crippen LogP contribution >= 0.6 is 15.9 Å². The normalized spacial score (nSPS) is 10.0. The summed E-state index contributed by atoms with van der Waals surface area (Å²) in [5.41, 5.74) is 0.945. The van der Waals surface area contributed by atoms with E-state index in [1.165, 1.54) is 7.05 Å². The Bertz CT molecular complexity index is 436. The Labute approximate surface area is 114 Å². The van der Waals surface area contributed by atoms with Gasteiger partial charge in [0.25, 0.3) is 0 Å². The first-order valence-electron chi connectivity index (χ1n) is 5.32. The minimum absolute atomic E-state index is 0.358. The second-order valence-corrected chi connectivity index (χ2v) is 4.59. The predicted molar refractivity (Wildman–Crippen MR) is 69.0 cm³/mol. The van der Waals surface area contributed by atoms with Crippen LogP contribution in [0.2, 0.25) is 0 Å². The summed E-state index contributed by atoms with van der Waals surface area (Å²) in [5, 5.41) is 10.6. The van der Waals surface area contributed by atoms with Gasteiger partial charge in [-0.1, -0.05) is 15.9 Å². The number of carbonyl (C=O) groups is 1. The van der Waals surface area contributed by atoms with Gasteiger partial charge in [-0.05, 0) is 24.1 Å². The Morgan fingerprint density at radius 2 is 1.89 bits per heavy atom. The Kier molecular flexibility index (Phi) is 5.27. The minimum Gasteiger partial charge on any atom is -0.530 e. The lowest BCUT2D eigenvalue weighted by Crippen LogP contribution is -2.39. The molecule has 0 saturated heterocycles. The van der Waals surface area contributed by atoms with Crippen LogP contribution < -0.4 is 14.6 Å². The van der Waals surface area contributed by atoms with Crippen LogP contribution in [-0.2, 0) is 6.42 Å². The highest BCUT2D eigenvalue weighted by Gasteiger charge is 2.10. The predicted octanol–water partition coefficient (Wildman–Crippen LogP) is 1.28. The highest BCUT2D eigenvalue weighted by molar-refractivity contribution is 9.10. The van der Waals surface area contributed by atoms with Gasteiger partial charge in [0, 0.05) is 18.1 Å². The number of rotatable bonds is 5. The molecule has 18 heavy (non-hydrogen) atoms. The van der Waals surface area contributed by atoms with Crippen molar-refractivity contribution in [3.8, 4) is 11.5 Å². The largest absolute Gasteiger partial charge is 0.530 e. The molecular weight excluding hydrogens is 302 g/mol. The lowest BCUT2D eigenvalue weighted by atomic mass is 10.1. The molecule has 0 radical (unpaired) electrons. The van der Waals surface area contributed by atoms with Crippen molar-refractivity contribution in [2.75, 3.05) is 27.8 Å². The number of ether oxygens (including phenoxy) is 2. The number of methoxy groups -OCH3 is 2. The van der Waals surface area contributed by atoms with Crippen molar-refractivity contribution in [1.29, 1.82) is 0 Å². The van der Waals surface area contributed by atoms with Crippen LogP contribution in [0.1, 0.15) is 5.56 Å². The van der Waals surface area contributed by atoms with Gasteiger partial charge in [0.2, 0.25) is 0 Å². The van der Waals surface area contributed by atoms with Crippen molar-refractivity contribution >= 4 is 22.0 Å². The van der Waals surface area contributed by atoms with Gasteiger partial charge >= 0.3 is 0 Å². The number of hydrogen-bond donors (Lipinski definition) is 0. The topological polar surface area (TPSA) is 61.8 Å². The molecule has 100 valence electrons. The summed E-state index contributed by atoms with van der Waals surface area (Å²) in [6.45, 7) is 0.358. The number of likely N-dealkylation sites (N-methyl/N-ethyl adjacent to an activating group) is 1. The van der Waals surface area contributed by atoms with Gasteiger partial charge < -0.3 is 24.3 Å². The molecule has 0 aliphatic heterocycles. The van der Waals surface area contributed by atoms with E-state index < -0.39 is 6.09 Å². The van der Waals surface area contributed by atoms with Gasteiger partial charge in [-0.3, -0.25) is 0 Å². The van der Waals surface area contributed by atoms with Gasteiger partial charge in [0.15, 0.2) is 11.5 Å². The number of carbonyl (C=O) groups excluding carboxylic acids is 1. The first-order chi connectivity index (χ1) is 8.49. The van der Waals surface area contributed by atoms with Crippen LogP contribution in [-0.4, -0.2) is 38.8 Å². The van der Waals surface area contributed by atoms with Crippen LogP contribution in [0.15, 0.2) is 16.6 Å². The summed E-state index contributed by atoms with van der Waals surface area (Å²) in [7, 11) is 4.60. The van der Waals surface area contributed by atoms with Crippen LogP contribution in [0.3, 0.4) is 0 Å². The third-order valence-corrected chi connectivity index (χ3v) is 3.32. The third-order valence-electron chi connectivity index (χ3n) is 2.58. The van der Waals surface area contributed by atoms with Crippen LogP contribution in [0.5, 0.6) is 11.5 Å². The van der Waals surface area contributed by atoms with Gasteiger partial charge in [0.05, 0.1) is 14.2 Å². The molecule has 1 aromatic rings. The summed E-state index contributed by atoms with van der Waals surface area (Å²) in [6, 6.07) is 3.62. The lowest BCUT2D eigenvalue weighted by Gasteiger charge is -2.20. The fourth-order valence-corrected chi connectivity index (χ4v) is 1.99. The Balaban J connectivity index is 2.86. The summed E-state index contributed by atoms with van der Waals surface area (Å²) < 4.78 is 11.2. The van der Waals surface area contributed by atoms with Gasteiger partial charge in [-0.2, -0.15) is 0 Å². The van der Waals surface area contributed by atoms with E-state index in [0.717, 1.165) is 14.9 Å². The molecule has 6 heteroatoms. The Morgan fingerprint density at radius 3 is 2.39 bits per heavy atom. The molecule has 0 N–H and O–H groups in total. The van der Waals surface area contributed by atoms with Crippen LogP contribution in [0.4, 0.5) is 4.79 Å². The van der Waals surface area contributed by atoms with Gasteiger partial charge in [-0.25, -0.2) is 0 Å². The molecule has 0 aromatic heterocycles. The number of halogens is 1. The zero-order valence-electron chi connectivity index (χ0n) is 10.5. The molecule has 0 unspecified atom stereocenters. The maximum Gasteiger partial charge on any atom is 0.161 e. The van der Waals surface area contributed by atoms with Crippen molar-refractivity contribution in [3.05, 3.63) is 22.2 Å². The average molecular weight is 317 g/mol. The number of carboxylic acid groups (broad SMARTS) is 1. The molecule has 0 aliphatic carbocycles. The fraction of sp³-hybridized carbons (Fsp3) is 0.417. The highest BCUT2D eigenvalue weighted by Crippen LogP contribution is 2.33. The second-order valence-electron chi connectivity index (χ2n) is 3.74. The highest BCUT2D eigenvalue weighted by atomic mass is 79.9. The van der Waals surface area contributed by atoms with Gasteiger partial charge in [0.1, 0.15) is 6.09 Å². The third kappa shape index (κ3) is 3.53. The maximum atomic E-state index is 10.6. The number of nitrogens with zero attached hydrogens (tertiary/aromatic N) is 1. The molecule has 0 bridgehead atoms. The standard InChI is InChI=1S/C12H16BrNO4/c1-14(12(15)16)5-4-8-6-10(17-2)11(18-3)7-9(8)13/h6-7H,4-5H2,1-3H3,(H,15,16)/p-1. The molecule has 0 atom stereocenters. The maximum absolute atomic E-state index is 10.6. The molecule has 0 saturated carbocycles. The average Bonchev–Trinajstić information content (AvgIpc) is 2.36. The van der Waals surface area contributed by atoms with E-state index in [-0.39, 0.29) is 0 Å². The quantitative estimate of drug-likeness (QED) is 0.821. The molecule has 0 spiro atoms. The lowest BCUT2D eigenvalue weighted by molar-refractivity contribution is -0.263. The first-order valence-corrected chi connectivity index (χ1v) is 6.11. The van der Waals surface area contributed by atoms with E-state index in [4.69, 9.17) is 9.47 Å². The fourth-order valence-electron chi connectivity index (χ4n) is 1.47. The first kappa shape index (κ1) is 14.6. The number of benzene rings is 1. The van der Waals surface area contributed by atoms with Crippen molar-refractivity contribution in [2.24, 2.45) is 0 Å². The zero-order chi connectivity index (χ0) is 13.7. The molecule has 5 nitrogen and oxygen atoms in total. The second kappa shape index (κ2) is 6.49. The van der Waals surface area contributed by atoms with Crippen LogP contribution in [0.25, 0.3) is 0 Å². The number of amides is 1. The molecule has 0 heterocycles. The molecular formula is C12H15BrNO4-. The summed E-state index contributed by atoms with van der Waals surface area (Å²) in [4.78, 5) is 11.7. The van der Waals surface area contributed by atoms with Crippen molar-refractivity contribution in [3.63, 3.8) is 0 Å². The summed E-state index contributed by atoms with van der Waals surface area (Å²) in [5.74, 6) is 1.24. The van der Waals surface area contributed by atoms with Gasteiger partial charge in [-0.15, -0.1) is 0 Å². The van der Waals surface area contributed by atoms with Crippen LogP contribution in [0, 0.1) is 0 Å². The molecule has 1 rings (SSSR count). The Morgan fingerprint density at radius 1 is 1.33 bits per heavy atom. The van der Waals surface area contributed by atoms with E-state index in [1.54, 1.807) is 20.3 Å². The van der Waals surface area contributed by atoms with E-state index in [1.807, 2.05) is 6.07 Å². The zero-order valence-corrected chi connectivity index (χ0v) is 12.1. The molecule has 1 aromatic carbocycles. The monoisotopic (exact) mass is 316 g/mol. The SMILES string of the molecule is COc1cc(Br)c(CCN(C)C(=O)[O-])cc1OC. The molecule has 0 fully saturated rings. The molecule has 1 amide bonds. The van der Waals surface area contributed by atoms with E-state index in [2.05, 4.69) is 15.9 Å². The summed E-state index contributed by atoms with van der Waals surface area (Å²) in [6.07, 6.45) is -0.627. The van der Waals surface area contributed by atoms with E-state index >= 15 is 0 Å².